The molecule has 2 saturated heterocycles. The van der Waals surface area contributed by atoms with Crippen LogP contribution >= 0.6 is 0 Å². The SMILES string of the molecule is CCNC(=NCc1ccc(CN2CCCC(C)C2)cc1)NCCCN1CCOCC1. The third-order valence-corrected chi connectivity index (χ3v) is 5.98. The Labute approximate surface area is 183 Å². The molecule has 2 fully saturated rings. The Morgan fingerprint density at radius 2 is 1.83 bits per heavy atom. The summed E-state index contributed by atoms with van der Waals surface area (Å²) < 4.78 is 5.41. The van der Waals surface area contributed by atoms with Crippen molar-refractivity contribution in [1.82, 2.24) is 20.4 Å². The number of aliphatic imine (C=N–C) groups is 1. The average Bonchev–Trinajstić information content (AvgIpc) is 2.77. The quantitative estimate of drug-likeness (QED) is 0.369. The number of nitrogens with one attached hydrogen (secondary N) is 2. The normalized spacial score (nSPS) is 21.5. The van der Waals surface area contributed by atoms with E-state index in [1.807, 2.05) is 0 Å². The number of ether oxygens (including phenoxy) is 1. The third-order valence-electron chi connectivity index (χ3n) is 5.98. The van der Waals surface area contributed by atoms with Gasteiger partial charge in [0.25, 0.3) is 0 Å². The van der Waals surface area contributed by atoms with Crippen molar-refractivity contribution in [2.45, 2.75) is 46.2 Å². The summed E-state index contributed by atoms with van der Waals surface area (Å²) in [6, 6.07) is 9.00. The maximum absolute atomic E-state index is 5.41. The zero-order valence-corrected chi connectivity index (χ0v) is 19.0. The van der Waals surface area contributed by atoms with Gasteiger partial charge in [0.2, 0.25) is 0 Å². The Kier molecular flexibility index (Phi) is 9.93. The molecule has 1 aromatic rings. The van der Waals surface area contributed by atoms with Crippen LogP contribution in [0.1, 0.15) is 44.2 Å². The molecule has 0 spiro atoms. The largest absolute Gasteiger partial charge is 0.379 e. The molecule has 0 amide bonds. The van der Waals surface area contributed by atoms with Gasteiger partial charge in [-0.3, -0.25) is 9.80 Å². The van der Waals surface area contributed by atoms with Crippen LogP contribution < -0.4 is 10.6 Å². The van der Waals surface area contributed by atoms with Crippen LogP contribution in [-0.2, 0) is 17.8 Å². The van der Waals surface area contributed by atoms with Gasteiger partial charge in [-0.15, -0.1) is 0 Å². The number of rotatable bonds is 9. The minimum atomic E-state index is 0.708. The van der Waals surface area contributed by atoms with E-state index in [1.165, 1.54) is 37.1 Å². The van der Waals surface area contributed by atoms with Gasteiger partial charge >= 0.3 is 0 Å². The minimum absolute atomic E-state index is 0.708. The Balaban J connectivity index is 1.40. The van der Waals surface area contributed by atoms with Crippen LogP contribution in [0.25, 0.3) is 0 Å². The fourth-order valence-corrected chi connectivity index (χ4v) is 4.28. The predicted molar refractivity (Wildman–Crippen MR) is 125 cm³/mol. The van der Waals surface area contributed by atoms with E-state index in [1.54, 1.807) is 0 Å². The van der Waals surface area contributed by atoms with E-state index in [4.69, 9.17) is 9.73 Å². The van der Waals surface area contributed by atoms with E-state index < -0.39 is 0 Å². The van der Waals surface area contributed by atoms with Gasteiger partial charge in [0.15, 0.2) is 5.96 Å². The molecule has 2 N–H and O–H groups in total. The number of likely N-dealkylation sites (tertiary alicyclic amines) is 1. The fourth-order valence-electron chi connectivity index (χ4n) is 4.28. The van der Waals surface area contributed by atoms with Crippen molar-refractivity contribution in [3.63, 3.8) is 0 Å². The molecular formula is C24H41N5O. The first-order valence-electron chi connectivity index (χ1n) is 11.9. The topological polar surface area (TPSA) is 52.1 Å². The predicted octanol–water partition coefficient (Wildman–Crippen LogP) is 2.70. The Hall–Kier alpha value is -1.63. The molecule has 6 heteroatoms. The summed E-state index contributed by atoms with van der Waals surface area (Å²) in [5.74, 6) is 1.74. The number of benzene rings is 1. The molecule has 168 valence electrons. The molecule has 0 aliphatic carbocycles. The summed E-state index contributed by atoms with van der Waals surface area (Å²) in [5, 5.41) is 6.83. The summed E-state index contributed by atoms with van der Waals surface area (Å²) in [5.41, 5.74) is 2.67. The summed E-state index contributed by atoms with van der Waals surface area (Å²) in [4.78, 5) is 9.84. The lowest BCUT2D eigenvalue weighted by Crippen LogP contribution is -2.40. The van der Waals surface area contributed by atoms with Crippen molar-refractivity contribution in [2.24, 2.45) is 10.9 Å². The molecule has 2 heterocycles. The number of hydrogen-bond acceptors (Lipinski definition) is 4. The van der Waals surface area contributed by atoms with Crippen LogP contribution in [0.2, 0.25) is 0 Å². The van der Waals surface area contributed by atoms with Crippen LogP contribution in [0.4, 0.5) is 0 Å². The highest BCUT2D eigenvalue weighted by molar-refractivity contribution is 5.79. The highest BCUT2D eigenvalue weighted by Crippen LogP contribution is 2.18. The lowest BCUT2D eigenvalue weighted by Gasteiger charge is -2.30. The van der Waals surface area contributed by atoms with Crippen molar-refractivity contribution < 1.29 is 4.74 Å². The first-order valence-corrected chi connectivity index (χ1v) is 11.9. The van der Waals surface area contributed by atoms with E-state index in [9.17, 15) is 0 Å². The molecule has 1 unspecified atom stereocenters. The fraction of sp³-hybridized carbons (Fsp3) is 0.708. The molecule has 1 atom stereocenters. The van der Waals surface area contributed by atoms with E-state index in [0.717, 1.165) is 70.8 Å². The second kappa shape index (κ2) is 12.9. The molecule has 2 aliphatic heterocycles. The van der Waals surface area contributed by atoms with Crippen LogP contribution in [-0.4, -0.2) is 74.8 Å². The van der Waals surface area contributed by atoms with Gasteiger partial charge < -0.3 is 15.4 Å². The smallest absolute Gasteiger partial charge is 0.191 e. The van der Waals surface area contributed by atoms with Crippen LogP contribution in [0.15, 0.2) is 29.3 Å². The lowest BCUT2D eigenvalue weighted by atomic mass is 9.99. The molecule has 30 heavy (non-hydrogen) atoms. The first-order chi connectivity index (χ1) is 14.7. The monoisotopic (exact) mass is 415 g/mol. The van der Waals surface area contributed by atoms with Gasteiger partial charge in [0.1, 0.15) is 0 Å². The molecular weight excluding hydrogens is 374 g/mol. The second-order valence-electron chi connectivity index (χ2n) is 8.73. The third kappa shape index (κ3) is 8.25. The first kappa shape index (κ1) is 23.0. The number of hydrogen-bond donors (Lipinski definition) is 2. The van der Waals surface area contributed by atoms with Crippen LogP contribution in [0.5, 0.6) is 0 Å². The van der Waals surface area contributed by atoms with Crippen molar-refractivity contribution in [3.05, 3.63) is 35.4 Å². The van der Waals surface area contributed by atoms with Crippen LogP contribution in [0.3, 0.4) is 0 Å². The molecule has 0 radical (unpaired) electrons. The van der Waals surface area contributed by atoms with E-state index in [0.29, 0.717) is 6.54 Å². The standard InChI is InChI=1S/C24H41N5O/c1-3-25-24(26-11-5-13-28-14-16-30-17-15-28)27-18-22-7-9-23(10-8-22)20-29-12-4-6-21(2)19-29/h7-10,21H,3-6,11-20H2,1-2H3,(H2,25,26,27). The van der Waals surface area contributed by atoms with Gasteiger partial charge in [-0.1, -0.05) is 31.2 Å². The van der Waals surface area contributed by atoms with Gasteiger partial charge in [0, 0.05) is 39.3 Å². The number of nitrogens with zero attached hydrogens (tertiary/aromatic N) is 3. The molecule has 6 nitrogen and oxygen atoms in total. The number of morpholine rings is 1. The summed E-state index contributed by atoms with van der Waals surface area (Å²) in [6.45, 7) is 15.5. The zero-order valence-electron chi connectivity index (χ0n) is 19.0. The van der Waals surface area contributed by atoms with Gasteiger partial charge in [0.05, 0.1) is 19.8 Å². The van der Waals surface area contributed by atoms with Gasteiger partial charge in [-0.05, 0) is 56.3 Å². The Bertz CT molecular complexity index is 627. The van der Waals surface area contributed by atoms with Crippen molar-refractivity contribution in [1.29, 1.82) is 0 Å². The summed E-state index contributed by atoms with van der Waals surface area (Å²) in [7, 11) is 0. The molecule has 0 saturated carbocycles. The number of guanidine groups is 1. The lowest BCUT2D eigenvalue weighted by molar-refractivity contribution is 0.0376. The highest BCUT2D eigenvalue weighted by Gasteiger charge is 2.16. The maximum Gasteiger partial charge on any atom is 0.191 e. The number of piperidine rings is 1. The molecule has 0 aromatic heterocycles. The molecule has 0 bridgehead atoms. The van der Waals surface area contributed by atoms with Crippen molar-refractivity contribution in [3.8, 4) is 0 Å². The van der Waals surface area contributed by atoms with E-state index in [2.05, 4.69) is 58.5 Å². The minimum Gasteiger partial charge on any atom is -0.379 e. The highest BCUT2D eigenvalue weighted by atomic mass is 16.5. The molecule has 3 rings (SSSR count). The van der Waals surface area contributed by atoms with Gasteiger partial charge in [-0.2, -0.15) is 0 Å². The maximum atomic E-state index is 5.41. The van der Waals surface area contributed by atoms with Gasteiger partial charge in [-0.25, -0.2) is 4.99 Å². The Morgan fingerprint density at radius 1 is 1.07 bits per heavy atom. The average molecular weight is 416 g/mol. The zero-order chi connectivity index (χ0) is 21.0. The van der Waals surface area contributed by atoms with E-state index >= 15 is 0 Å². The molecule has 2 aliphatic rings. The Morgan fingerprint density at radius 3 is 2.57 bits per heavy atom. The van der Waals surface area contributed by atoms with Crippen LogP contribution in [0, 0.1) is 5.92 Å². The summed E-state index contributed by atoms with van der Waals surface area (Å²) in [6.07, 6.45) is 3.83. The molecule has 1 aromatic carbocycles. The van der Waals surface area contributed by atoms with Crippen molar-refractivity contribution in [2.75, 3.05) is 59.0 Å². The van der Waals surface area contributed by atoms with E-state index in [-0.39, 0.29) is 0 Å². The second-order valence-corrected chi connectivity index (χ2v) is 8.73. The van der Waals surface area contributed by atoms with Crippen molar-refractivity contribution >= 4 is 5.96 Å². The summed E-state index contributed by atoms with van der Waals surface area (Å²) >= 11 is 0.